The van der Waals surface area contributed by atoms with Gasteiger partial charge in [0, 0.05) is 6.61 Å². The second-order valence-electron chi connectivity index (χ2n) is 4.25. The number of amides is 4. The van der Waals surface area contributed by atoms with Crippen molar-refractivity contribution in [3.05, 3.63) is 0 Å². The van der Waals surface area contributed by atoms with Gasteiger partial charge in [-0.05, 0) is 12.8 Å². The van der Waals surface area contributed by atoms with Crippen LogP contribution in [0.2, 0.25) is 0 Å². The Labute approximate surface area is 99.8 Å². The van der Waals surface area contributed by atoms with E-state index in [9.17, 15) is 14.4 Å². The Morgan fingerprint density at radius 1 is 1.06 bits per heavy atom. The first-order valence-corrected chi connectivity index (χ1v) is 5.84. The number of hydrogen-bond acceptors (Lipinski definition) is 4. The lowest BCUT2D eigenvalue weighted by Gasteiger charge is -2.33. The normalized spacial score (nSPS) is 18.8. The highest BCUT2D eigenvalue weighted by molar-refractivity contribution is 6.19. The second-order valence-corrected chi connectivity index (χ2v) is 4.25. The van der Waals surface area contributed by atoms with Crippen molar-refractivity contribution in [1.29, 1.82) is 0 Å². The van der Waals surface area contributed by atoms with Crippen LogP contribution in [0.5, 0.6) is 0 Å². The van der Waals surface area contributed by atoms with E-state index in [0.717, 1.165) is 12.8 Å². The smallest absolute Gasteiger partial charge is 0.328 e. The quantitative estimate of drug-likeness (QED) is 0.461. The van der Waals surface area contributed by atoms with E-state index < -0.39 is 23.3 Å². The molecule has 1 rings (SSSR count). The fraction of sp³-hybridized carbons (Fsp3) is 0.727. The molecule has 17 heavy (non-hydrogen) atoms. The molecule has 0 bridgehead atoms. The van der Waals surface area contributed by atoms with E-state index in [0.29, 0.717) is 12.8 Å². The average molecular weight is 242 g/mol. The van der Waals surface area contributed by atoms with Gasteiger partial charge in [0.2, 0.25) is 11.8 Å². The van der Waals surface area contributed by atoms with Crippen molar-refractivity contribution in [2.24, 2.45) is 5.41 Å². The van der Waals surface area contributed by atoms with E-state index in [-0.39, 0.29) is 13.0 Å². The number of carbonyl (C=O) groups excluding carboxylic acids is 3. The first-order chi connectivity index (χ1) is 8.06. The van der Waals surface area contributed by atoms with E-state index in [1.807, 2.05) is 6.92 Å². The lowest BCUT2D eigenvalue weighted by molar-refractivity contribution is -0.146. The number of unbranched alkanes of at least 4 members (excludes halogenated alkanes) is 2. The zero-order valence-electron chi connectivity index (χ0n) is 9.91. The lowest BCUT2D eigenvalue weighted by atomic mass is 9.77. The second kappa shape index (κ2) is 5.77. The third-order valence-corrected chi connectivity index (χ3v) is 3.07. The van der Waals surface area contributed by atoms with E-state index in [1.54, 1.807) is 0 Å². The summed E-state index contributed by atoms with van der Waals surface area (Å²) in [6.07, 6.45) is 2.98. The van der Waals surface area contributed by atoms with Crippen LogP contribution >= 0.6 is 0 Å². The molecule has 0 saturated carbocycles. The Hall–Kier alpha value is -1.43. The van der Waals surface area contributed by atoms with Crippen LogP contribution in [-0.4, -0.2) is 29.6 Å². The summed E-state index contributed by atoms with van der Waals surface area (Å²) in [7, 11) is 0. The lowest BCUT2D eigenvalue weighted by Crippen LogP contribution is -2.62. The molecule has 0 aromatic rings. The molecule has 0 aromatic carbocycles. The molecule has 0 atom stereocenters. The van der Waals surface area contributed by atoms with Crippen molar-refractivity contribution < 1.29 is 19.5 Å². The molecule has 1 aliphatic rings. The molecule has 1 fully saturated rings. The van der Waals surface area contributed by atoms with Crippen molar-refractivity contribution in [2.45, 2.75) is 39.0 Å². The molecular weight excluding hydrogens is 224 g/mol. The largest absolute Gasteiger partial charge is 0.396 e. The highest BCUT2D eigenvalue weighted by Gasteiger charge is 2.49. The molecule has 0 radical (unpaired) electrons. The topological polar surface area (TPSA) is 95.5 Å². The van der Waals surface area contributed by atoms with Gasteiger partial charge in [-0.2, -0.15) is 0 Å². The molecule has 3 N–H and O–H groups in total. The molecule has 96 valence electrons. The number of hydrogen-bond donors (Lipinski definition) is 3. The monoisotopic (exact) mass is 242 g/mol. The number of carbonyl (C=O) groups is 3. The molecule has 1 saturated heterocycles. The Bertz CT molecular complexity index is 307. The summed E-state index contributed by atoms with van der Waals surface area (Å²) in [5.41, 5.74) is -1.29. The average Bonchev–Trinajstić information content (AvgIpc) is 2.25. The first-order valence-electron chi connectivity index (χ1n) is 5.84. The molecule has 0 unspecified atom stereocenters. The third-order valence-electron chi connectivity index (χ3n) is 3.07. The Morgan fingerprint density at radius 2 is 1.65 bits per heavy atom. The van der Waals surface area contributed by atoms with Gasteiger partial charge in [-0.1, -0.05) is 26.2 Å². The fourth-order valence-electron chi connectivity index (χ4n) is 2.03. The van der Waals surface area contributed by atoms with E-state index in [1.165, 1.54) is 0 Å². The molecule has 0 spiro atoms. The van der Waals surface area contributed by atoms with Gasteiger partial charge in [0.25, 0.3) is 0 Å². The van der Waals surface area contributed by atoms with Crippen molar-refractivity contribution in [3.63, 3.8) is 0 Å². The Morgan fingerprint density at radius 3 is 2.12 bits per heavy atom. The summed E-state index contributed by atoms with van der Waals surface area (Å²) in [6.45, 7) is 1.75. The molecular formula is C11H18N2O4. The highest BCUT2D eigenvalue weighted by Crippen LogP contribution is 2.31. The van der Waals surface area contributed by atoms with Gasteiger partial charge in [-0.25, -0.2) is 4.79 Å². The van der Waals surface area contributed by atoms with Gasteiger partial charge < -0.3 is 5.11 Å². The van der Waals surface area contributed by atoms with Gasteiger partial charge in [-0.3, -0.25) is 20.2 Å². The number of rotatable bonds is 6. The van der Waals surface area contributed by atoms with Gasteiger partial charge in [0.15, 0.2) is 0 Å². The van der Waals surface area contributed by atoms with Crippen LogP contribution in [0.25, 0.3) is 0 Å². The summed E-state index contributed by atoms with van der Waals surface area (Å²) in [4.78, 5) is 34.6. The molecule has 0 aromatic heterocycles. The fourth-order valence-corrected chi connectivity index (χ4v) is 2.03. The number of barbiturate groups is 1. The van der Waals surface area contributed by atoms with Crippen LogP contribution < -0.4 is 10.6 Å². The minimum absolute atomic E-state index is 0.0433. The number of aliphatic hydroxyl groups excluding tert-OH is 1. The van der Waals surface area contributed by atoms with Crippen molar-refractivity contribution in [3.8, 4) is 0 Å². The summed E-state index contributed by atoms with van der Waals surface area (Å²) >= 11 is 0. The van der Waals surface area contributed by atoms with Crippen molar-refractivity contribution in [2.75, 3.05) is 6.61 Å². The standard InChI is InChI=1S/C11H18N2O4/c1-2-3-4-5-11(6-7-14)8(15)12-10(17)13-9(11)16/h14H,2-7H2,1H3,(H2,12,13,15,16,17). The first kappa shape index (κ1) is 13.6. The molecule has 1 heterocycles. The van der Waals surface area contributed by atoms with Crippen LogP contribution in [0.1, 0.15) is 39.0 Å². The minimum Gasteiger partial charge on any atom is -0.396 e. The SMILES string of the molecule is CCCCCC1(CCO)C(=O)NC(=O)NC1=O. The summed E-state index contributed by atoms with van der Waals surface area (Å²) in [5, 5.41) is 13.2. The maximum absolute atomic E-state index is 11.8. The predicted octanol–water partition coefficient (Wildman–Crippen LogP) is 0.302. The van der Waals surface area contributed by atoms with E-state index in [2.05, 4.69) is 10.6 Å². The summed E-state index contributed by atoms with van der Waals surface area (Å²) in [5.74, 6) is -1.20. The van der Waals surface area contributed by atoms with Gasteiger partial charge >= 0.3 is 6.03 Å². The third kappa shape index (κ3) is 2.82. The van der Waals surface area contributed by atoms with E-state index >= 15 is 0 Å². The molecule has 4 amide bonds. The minimum atomic E-state index is -1.29. The predicted molar refractivity (Wildman–Crippen MR) is 60.0 cm³/mol. The molecule has 6 heteroatoms. The zero-order valence-corrected chi connectivity index (χ0v) is 9.91. The van der Waals surface area contributed by atoms with Crippen LogP contribution in [0.15, 0.2) is 0 Å². The van der Waals surface area contributed by atoms with Gasteiger partial charge in [0.1, 0.15) is 5.41 Å². The van der Waals surface area contributed by atoms with Gasteiger partial charge in [0.05, 0.1) is 0 Å². The van der Waals surface area contributed by atoms with E-state index in [4.69, 9.17) is 5.11 Å². The van der Waals surface area contributed by atoms with Crippen molar-refractivity contribution >= 4 is 17.8 Å². The van der Waals surface area contributed by atoms with Crippen LogP contribution in [0, 0.1) is 5.41 Å². The molecule has 0 aliphatic carbocycles. The number of nitrogens with one attached hydrogen (secondary N) is 2. The molecule has 6 nitrogen and oxygen atoms in total. The summed E-state index contributed by atoms with van der Waals surface area (Å²) in [6, 6.07) is -0.788. The summed E-state index contributed by atoms with van der Waals surface area (Å²) < 4.78 is 0. The zero-order chi connectivity index (χ0) is 12.9. The van der Waals surface area contributed by atoms with Crippen LogP contribution in [-0.2, 0) is 9.59 Å². The Kier molecular flexibility index (Phi) is 4.62. The maximum atomic E-state index is 11.8. The van der Waals surface area contributed by atoms with Gasteiger partial charge in [-0.15, -0.1) is 0 Å². The highest BCUT2D eigenvalue weighted by atomic mass is 16.3. The van der Waals surface area contributed by atoms with Crippen molar-refractivity contribution in [1.82, 2.24) is 10.6 Å². The maximum Gasteiger partial charge on any atom is 0.328 e. The Balaban J connectivity index is 2.83. The number of aliphatic hydroxyl groups is 1. The molecule has 1 aliphatic heterocycles. The number of urea groups is 1. The van der Waals surface area contributed by atoms with Crippen LogP contribution in [0.3, 0.4) is 0 Å². The number of imide groups is 2. The van der Waals surface area contributed by atoms with Crippen LogP contribution in [0.4, 0.5) is 4.79 Å².